The number of hydrogen-bond donors (Lipinski definition) is 1. The van der Waals surface area contributed by atoms with Crippen LogP contribution in [0.15, 0.2) is 30.3 Å². The summed E-state index contributed by atoms with van der Waals surface area (Å²) in [6, 6.07) is 10.4. The predicted octanol–water partition coefficient (Wildman–Crippen LogP) is 3.36. The molecular formula is C15H23NO. The maximum atomic E-state index is 6.20. The lowest BCUT2D eigenvalue weighted by atomic mass is 9.95. The summed E-state index contributed by atoms with van der Waals surface area (Å²) in [5.74, 6) is 1.73. The monoisotopic (exact) mass is 233 g/mol. The molecule has 2 heteroatoms. The van der Waals surface area contributed by atoms with Gasteiger partial charge in [0.15, 0.2) is 0 Å². The van der Waals surface area contributed by atoms with E-state index in [9.17, 15) is 0 Å². The molecule has 1 fully saturated rings. The Morgan fingerprint density at radius 2 is 1.88 bits per heavy atom. The molecule has 2 rings (SSSR count). The smallest absolute Gasteiger partial charge is 0.119 e. The van der Waals surface area contributed by atoms with Crippen molar-refractivity contribution >= 4 is 0 Å². The molecule has 0 spiro atoms. The van der Waals surface area contributed by atoms with Crippen LogP contribution in [-0.2, 0) is 0 Å². The van der Waals surface area contributed by atoms with E-state index in [2.05, 4.69) is 0 Å². The number of hydrogen-bond acceptors (Lipinski definition) is 2. The first-order chi connectivity index (χ1) is 8.36. The molecule has 0 amide bonds. The Kier molecular flexibility index (Phi) is 4.87. The Bertz CT molecular complexity index is 306. The summed E-state index contributed by atoms with van der Waals surface area (Å²) in [6.07, 6.45) is 7.57. The second-order valence-electron chi connectivity index (χ2n) is 5.01. The molecule has 94 valence electrons. The van der Waals surface area contributed by atoms with Gasteiger partial charge in [-0.3, -0.25) is 0 Å². The van der Waals surface area contributed by atoms with Gasteiger partial charge in [0, 0.05) is 6.04 Å². The molecule has 1 aliphatic rings. The van der Waals surface area contributed by atoms with E-state index in [1.165, 1.54) is 25.7 Å². The zero-order valence-corrected chi connectivity index (χ0v) is 10.5. The fraction of sp³-hybridized carbons (Fsp3) is 0.600. The highest BCUT2D eigenvalue weighted by Crippen LogP contribution is 2.28. The lowest BCUT2D eigenvalue weighted by Crippen LogP contribution is -2.28. The Labute approximate surface area is 104 Å². The second kappa shape index (κ2) is 6.65. The van der Waals surface area contributed by atoms with E-state index in [0.29, 0.717) is 6.04 Å². The van der Waals surface area contributed by atoms with Crippen LogP contribution in [0.4, 0.5) is 0 Å². The molecule has 1 saturated carbocycles. The highest BCUT2D eigenvalue weighted by atomic mass is 16.5. The Morgan fingerprint density at radius 1 is 1.18 bits per heavy atom. The third kappa shape index (κ3) is 4.04. The van der Waals surface area contributed by atoms with E-state index < -0.39 is 0 Å². The average molecular weight is 233 g/mol. The van der Waals surface area contributed by atoms with E-state index in [4.69, 9.17) is 10.5 Å². The lowest BCUT2D eigenvalue weighted by Gasteiger charge is -2.18. The zero-order chi connectivity index (χ0) is 11.9. The molecule has 0 saturated heterocycles. The van der Waals surface area contributed by atoms with Gasteiger partial charge >= 0.3 is 0 Å². The number of nitrogens with two attached hydrogens (primary N) is 1. The van der Waals surface area contributed by atoms with Crippen LogP contribution in [0, 0.1) is 5.92 Å². The first kappa shape index (κ1) is 12.4. The van der Waals surface area contributed by atoms with Crippen LogP contribution >= 0.6 is 0 Å². The summed E-state index contributed by atoms with van der Waals surface area (Å²) < 4.78 is 5.66. The van der Waals surface area contributed by atoms with Crippen LogP contribution in [-0.4, -0.2) is 12.6 Å². The van der Waals surface area contributed by atoms with E-state index in [-0.39, 0.29) is 0 Å². The predicted molar refractivity (Wildman–Crippen MR) is 71.1 cm³/mol. The Balaban J connectivity index is 1.59. The van der Waals surface area contributed by atoms with Gasteiger partial charge in [0.2, 0.25) is 0 Å². The summed E-state index contributed by atoms with van der Waals surface area (Å²) in [6.45, 7) is 0.782. The molecule has 1 aromatic carbocycles. The molecule has 1 aliphatic carbocycles. The Morgan fingerprint density at radius 3 is 2.59 bits per heavy atom. The van der Waals surface area contributed by atoms with Gasteiger partial charge in [-0.2, -0.15) is 0 Å². The summed E-state index contributed by atoms with van der Waals surface area (Å²) in [5, 5.41) is 0. The quantitative estimate of drug-likeness (QED) is 0.765. The van der Waals surface area contributed by atoms with Crippen LogP contribution in [0.1, 0.15) is 38.5 Å². The van der Waals surface area contributed by atoms with Crippen molar-refractivity contribution in [1.82, 2.24) is 0 Å². The normalized spacial score (nSPS) is 18.2. The number of benzene rings is 1. The SMILES string of the molecule is NC(CCCOc1ccccc1)C1CCCC1. The lowest BCUT2D eigenvalue weighted by molar-refractivity contribution is 0.289. The van der Waals surface area contributed by atoms with Crippen LogP contribution in [0.2, 0.25) is 0 Å². The van der Waals surface area contributed by atoms with Crippen molar-refractivity contribution in [2.24, 2.45) is 11.7 Å². The van der Waals surface area contributed by atoms with Crippen molar-refractivity contribution in [2.45, 2.75) is 44.6 Å². The van der Waals surface area contributed by atoms with Crippen molar-refractivity contribution in [1.29, 1.82) is 0 Å². The van der Waals surface area contributed by atoms with Crippen LogP contribution in [0.25, 0.3) is 0 Å². The maximum Gasteiger partial charge on any atom is 0.119 e. The van der Waals surface area contributed by atoms with Gasteiger partial charge in [0.1, 0.15) is 5.75 Å². The third-order valence-electron chi connectivity index (χ3n) is 3.70. The first-order valence-corrected chi connectivity index (χ1v) is 6.79. The van der Waals surface area contributed by atoms with Crippen molar-refractivity contribution in [3.63, 3.8) is 0 Å². The molecule has 1 aromatic rings. The highest BCUT2D eigenvalue weighted by Gasteiger charge is 2.21. The molecule has 1 unspecified atom stereocenters. The third-order valence-corrected chi connectivity index (χ3v) is 3.70. The van der Waals surface area contributed by atoms with E-state index in [0.717, 1.165) is 31.1 Å². The molecule has 1 atom stereocenters. The topological polar surface area (TPSA) is 35.2 Å². The summed E-state index contributed by atoms with van der Waals surface area (Å²) in [5.41, 5.74) is 6.20. The van der Waals surface area contributed by atoms with E-state index in [1.807, 2.05) is 30.3 Å². The average Bonchev–Trinajstić information content (AvgIpc) is 2.89. The van der Waals surface area contributed by atoms with Gasteiger partial charge in [-0.1, -0.05) is 31.0 Å². The van der Waals surface area contributed by atoms with Gasteiger partial charge in [-0.25, -0.2) is 0 Å². The van der Waals surface area contributed by atoms with Crippen molar-refractivity contribution < 1.29 is 4.74 Å². The number of ether oxygens (including phenoxy) is 1. The minimum Gasteiger partial charge on any atom is -0.494 e. The van der Waals surface area contributed by atoms with Crippen LogP contribution in [0.5, 0.6) is 5.75 Å². The summed E-state index contributed by atoms with van der Waals surface area (Å²) in [4.78, 5) is 0. The van der Waals surface area contributed by atoms with E-state index >= 15 is 0 Å². The molecule has 0 aromatic heterocycles. The number of para-hydroxylation sites is 1. The molecule has 0 radical (unpaired) electrons. The van der Waals surface area contributed by atoms with Crippen LogP contribution < -0.4 is 10.5 Å². The first-order valence-electron chi connectivity index (χ1n) is 6.79. The van der Waals surface area contributed by atoms with Gasteiger partial charge in [0.25, 0.3) is 0 Å². The van der Waals surface area contributed by atoms with Gasteiger partial charge in [-0.05, 0) is 43.7 Å². The van der Waals surface area contributed by atoms with Gasteiger partial charge in [0.05, 0.1) is 6.61 Å². The summed E-state index contributed by atoms with van der Waals surface area (Å²) >= 11 is 0. The van der Waals surface area contributed by atoms with Crippen molar-refractivity contribution in [2.75, 3.05) is 6.61 Å². The fourth-order valence-corrected chi connectivity index (χ4v) is 2.65. The largest absolute Gasteiger partial charge is 0.494 e. The second-order valence-corrected chi connectivity index (χ2v) is 5.01. The van der Waals surface area contributed by atoms with E-state index in [1.54, 1.807) is 0 Å². The van der Waals surface area contributed by atoms with Gasteiger partial charge < -0.3 is 10.5 Å². The number of rotatable bonds is 6. The minimum absolute atomic E-state index is 0.386. The molecular weight excluding hydrogens is 210 g/mol. The van der Waals surface area contributed by atoms with Gasteiger partial charge in [-0.15, -0.1) is 0 Å². The zero-order valence-electron chi connectivity index (χ0n) is 10.5. The molecule has 0 bridgehead atoms. The van der Waals surface area contributed by atoms with Crippen LogP contribution in [0.3, 0.4) is 0 Å². The van der Waals surface area contributed by atoms with Crippen molar-refractivity contribution in [3.05, 3.63) is 30.3 Å². The van der Waals surface area contributed by atoms with Crippen molar-refractivity contribution in [3.8, 4) is 5.75 Å². The molecule has 17 heavy (non-hydrogen) atoms. The molecule has 2 nitrogen and oxygen atoms in total. The molecule has 0 aliphatic heterocycles. The minimum atomic E-state index is 0.386. The Hall–Kier alpha value is -1.02. The molecule has 2 N–H and O–H groups in total. The maximum absolute atomic E-state index is 6.20. The summed E-state index contributed by atoms with van der Waals surface area (Å²) in [7, 11) is 0. The highest BCUT2D eigenvalue weighted by molar-refractivity contribution is 5.20. The fourth-order valence-electron chi connectivity index (χ4n) is 2.65. The molecule has 0 heterocycles. The standard InChI is InChI=1S/C15H23NO/c16-15(13-7-4-5-8-13)11-6-12-17-14-9-2-1-3-10-14/h1-3,9-10,13,15H,4-8,11-12,16H2.